The molecule has 1 aliphatic rings. The first kappa shape index (κ1) is 17.9. The van der Waals surface area contributed by atoms with Crippen molar-refractivity contribution in [1.29, 1.82) is 0 Å². The number of carbonyl (C=O) groups is 1. The van der Waals surface area contributed by atoms with Crippen LogP contribution in [0.15, 0.2) is 24.3 Å². The van der Waals surface area contributed by atoms with Crippen molar-refractivity contribution in [2.45, 2.75) is 24.6 Å². The smallest absolute Gasteiger partial charge is 0.251 e. The summed E-state index contributed by atoms with van der Waals surface area (Å²) in [6.45, 7) is 1.78. The number of piperidine rings is 1. The van der Waals surface area contributed by atoms with Crippen LogP contribution in [0.2, 0.25) is 0 Å². The number of halogens is 1. The van der Waals surface area contributed by atoms with Gasteiger partial charge in [-0.2, -0.15) is 0 Å². The van der Waals surface area contributed by atoms with Gasteiger partial charge in [-0.25, -0.2) is 8.42 Å². The highest BCUT2D eigenvalue weighted by Gasteiger charge is 2.16. The maximum absolute atomic E-state index is 12.1. The molecule has 0 radical (unpaired) electrons. The van der Waals surface area contributed by atoms with Gasteiger partial charge in [0.1, 0.15) is 0 Å². The lowest BCUT2D eigenvalue weighted by Gasteiger charge is -2.23. The Bertz CT molecular complexity index is 584. The Balaban J connectivity index is 0.00000220. The zero-order valence-corrected chi connectivity index (χ0v) is 13.6. The number of hydrogen-bond acceptors (Lipinski definition) is 4. The second-order valence-electron chi connectivity index (χ2n) is 5.29. The fraction of sp³-hybridized carbons (Fsp3) is 0.500. The van der Waals surface area contributed by atoms with E-state index in [2.05, 4.69) is 10.6 Å². The van der Waals surface area contributed by atoms with Gasteiger partial charge in [-0.05, 0) is 37.1 Å². The monoisotopic (exact) mass is 332 g/mol. The van der Waals surface area contributed by atoms with Crippen LogP contribution in [0, 0.1) is 0 Å². The summed E-state index contributed by atoms with van der Waals surface area (Å²) in [4.78, 5) is 12.1. The Morgan fingerprint density at radius 1 is 1.43 bits per heavy atom. The van der Waals surface area contributed by atoms with Crippen LogP contribution in [0.3, 0.4) is 0 Å². The molecule has 1 aliphatic heterocycles. The van der Waals surface area contributed by atoms with Crippen LogP contribution in [0.25, 0.3) is 0 Å². The molecule has 1 aromatic rings. The molecule has 118 valence electrons. The zero-order valence-electron chi connectivity index (χ0n) is 12.0. The van der Waals surface area contributed by atoms with E-state index in [9.17, 15) is 13.2 Å². The standard InChI is InChI=1S/C14H20N2O3S.ClH/c1-20(18,19)10-11-4-2-5-12(8-11)14(17)16-13-6-3-7-15-9-13;/h2,4-5,8,13,15H,3,6-7,9-10H2,1H3,(H,16,17);1H/t13-;/m0./s1. The second-order valence-corrected chi connectivity index (χ2v) is 7.43. The van der Waals surface area contributed by atoms with E-state index in [1.54, 1.807) is 24.3 Å². The minimum absolute atomic E-state index is 0. The van der Waals surface area contributed by atoms with Crippen LogP contribution in [0.5, 0.6) is 0 Å². The fourth-order valence-electron chi connectivity index (χ4n) is 2.35. The lowest BCUT2D eigenvalue weighted by molar-refractivity contribution is 0.0930. The summed E-state index contributed by atoms with van der Waals surface area (Å²) in [7, 11) is -3.09. The van der Waals surface area contributed by atoms with E-state index < -0.39 is 9.84 Å². The molecular formula is C14H21ClN2O3S. The van der Waals surface area contributed by atoms with Gasteiger partial charge in [-0.1, -0.05) is 12.1 Å². The molecule has 0 aliphatic carbocycles. The number of amides is 1. The quantitative estimate of drug-likeness (QED) is 0.867. The van der Waals surface area contributed by atoms with E-state index in [1.807, 2.05) is 0 Å². The average molecular weight is 333 g/mol. The number of carbonyl (C=O) groups excluding carboxylic acids is 1. The van der Waals surface area contributed by atoms with Crippen molar-refractivity contribution in [3.05, 3.63) is 35.4 Å². The second kappa shape index (κ2) is 7.77. The number of benzene rings is 1. The summed E-state index contributed by atoms with van der Waals surface area (Å²) in [6.07, 6.45) is 3.22. The highest BCUT2D eigenvalue weighted by molar-refractivity contribution is 7.89. The molecule has 0 bridgehead atoms. The van der Waals surface area contributed by atoms with Crippen LogP contribution in [-0.2, 0) is 15.6 Å². The highest BCUT2D eigenvalue weighted by atomic mass is 35.5. The number of nitrogens with one attached hydrogen (secondary N) is 2. The Morgan fingerprint density at radius 2 is 2.19 bits per heavy atom. The Labute approximate surface area is 131 Å². The molecule has 1 amide bonds. The molecule has 1 fully saturated rings. The van der Waals surface area contributed by atoms with Crippen molar-refractivity contribution in [3.8, 4) is 0 Å². The van der Waals surface area contributed by atoms with Gasteiger partial charge in [0, 0.05) is 24.4 Å². The molecule has 2 rings (SSSR count). The summed E-state index contributed by atoms with van der Waals surface area (Å²) in [5, 5.41) is 6.21. The molecule has 7 heteroatoms. The van der Waals surface area contributed by atoms with Crippen LogP contribution >= 0.6 is 12.4 Å². The predicted octanol–water partition coefficient (Wildman–Crippen LogP) is 1.13. The molecule has 1 saturated heterocycles. The lowest BCUT2D eigenvalue weighted by atomic mass is 10.1. The Kier molecular flexibility index (Phi) is 6.64. The van der Waals surface area contributed by atoms with Gasteiger partial charge in [-0.3, -0.25) is 4.79 Å². The van der Waals surface area contributed by atoms with E-state index in [0.717, 1.165) is 25.9 Å². The van der Waals surface area contributed by atoms with Crippen molar-refractivity contribution < 1.29 is 13.2 Å². The van der Waals surface area contributed by atoms with Gasteiger partial charge in [0.2, 0.25) is 0 Å². The zero-order chi connectivity index (χ0) is 14.6. The molecule has 0 aromatic heterocycles. The van der Waals surface area contributed by atoms with Crippen LogP contribution < -0.4 is 10.6 Å². The predicted molar refractivity (Wildman–Crippen MR) is 85.6 cm³/mol. The van der Waals surface area contributed by atoms with Crippen LogP contribution in [0.4, 0.5) is 0 Å². The van der Waals surface area contributed by atoms with E-state index in [1.165, 1.54) is 6.26 Å². The summed E-state index contributed by atoms with van der Waals surface area (Å²) < 4.78 is 22.6. The van der Waals surface area contributed by atoms with E-state index in [-0.39, 0.29) is 30.1 Å². The SMILES string of the molecule is CS(=O)(=O)Cc1cccc(C(=O)N[C@H]2CCCNC2)c1.Cl. The van der Waals surface area contributed by atoms with Gasteiger partial charge < -0.3 is 10.6 Å². The van der Waals surface area contributed by atoms with Crippen LogP contribution in [0.1, 0.15) is 28.8 Å². The first-order valence-corrected chi connectivity index (χ1v) is 8.78. The van der Waals surface area contributed by atoms with Gasteiger partial charge in [0.15, 0.2) is 9.84 Å². The van der Waals surface area contributed by atoms with E-state index in [4.69, 9.17) is 0 Å². The van der Waals surface area contributed by atoms with Gasteiger partial charge in [-0.15, -0.1) is 12.4 Å². The normalized spacial score (nSPS) is 18.6. The highest BCUT2D eigenvalue weighted by Crippen LogP contribution is 2.10. The number of sulfone groups is 1. The van der Waals surface area contributed by atoms with Crippen molar-refractivity contribution >= 4 is 28.2 Å². The molecule has 21 heavy (non-hydrogen) atoms. The van der Waals surface area contributed by atoms with Crippen molar-refractivity contribution in [1.82, 2.24) is 10.6 Å². The number of rotatable bonds is 4. The lowest BCUT2D eigenvalue weighted by Crippen LogP contribution is -2.45. The maximum Gasteiger partial charge on any atom is 0.251 e. The third kappa shape index (κ3) is 6.03. The summed E-state index contributed by atoms with van der Waals surface area (Å²) in [5.74, 6) is -0.187. The molecule has 5 nitrogen and oxygen atoms in total. The van der Waals surface area contributed by atoms with Crippen molar-refractivity contribution in [3.63, 3.8) is 0 Å². The van der Waals surface area contributed by atoms with E-state index >= 15 is 0 Å². The topological polar surface area (TPSA) is 75.3 Å². The van der Waals surface area contributed by atoms with Gasteiger partial charge in [0.25, 0.3) is 5.91 Å². The van der Waals surface area contributed by atoms with E-state index in [0.29, 0.717) is 11.1 Å². The average Bonchev–Trinajstić information content (AvgIpc) is 2.38. The summed E-state index contributed by atoms with van der Waals surface area (Å²) in [5.41, 5.74) is 1.15. The molecule has 1 heterocycles. The number of hydrogen-bond donors (Lipinski definition) is 2. The third-order valence-electron chi connectivity index (χ3n) is 3.25. The minimum atomic E-state index is -3.09. The summed E-state index contributed by atoms with van der Waals surface area (Å²) in [6, 6.07) is 6.94. The minimum Gasteiger partial charge on any atom is -0.348 e. The molecule has 0 spiro atoms. The fourth-order valence-corrected chi connectivity index (χ4v) is 3.13. The van der Waals surface area contributed by atoms with Crippen molar-refractivity contribution in [2.75, 3.05) is 19.3 Å². The molecule has 1 aromatic carbocycles. The maximum atomic E-state index is 12.1. The Hall–Kier alpha value is -1.11. The molecule has 0 saturated carbocycles. The van der Waals surface area contributed by atoms with Gasteiger partial charge in [0.05, 0.1) is 5.75 Å². The molecule has 2 N–H and O–H groups in total. The van der Waals surface area contributed by atoms with Crippen LogP contribution in [-0.4, -0.2) is 39.7 Å². The third-order valence-corrected chi connectivity index (χ3v) is 4.11. The first-order valence-electron chi connectivity index (χ1n) is 6.72. The molecular weight excluding hydrogens is 312 g/mol. The Morgan fingerprint density at radius 3 is 2.81 bits per heavy atom. The summed E-state index contributed by atoms with van der Waals surface area (Å²) >= 11 is 0. The first-order chi connectivity index (χ1) is 9.44. The molecule has 1 atom stereocenters. The van der Waals surface area contributed by atoms with Gasteiger partial charge >= 0.3 is 0 Å². The largest absolute Gasteiger partial charge is 0.348 e. The van der Waals surface area contributed by atoms with Crippen molar-refractivity contribution in [2.24, 2.45) is 0 Å². The molecule has 0 unspecified atom stereocenters.